The lowest BCUT2D eigenvalue weighted by atomic mass is 9.87. The third-order valence-corrected chi connectivity index (χ3v) is 7.47. The molecule has 0 amide bonds. The normalized spacial score (nSPS) is 19.6. The standard InChI is InChI=1S/C25H35N5/c1-2-5-21(6-3-1)17-29-13-11-20(12-14-29)7-4-8-22-16-26-25-10-9-23(15-24(22)25)30-18-27-28-19-30/h9-10,15-16,18-21,26H,1-8,11-14,17H2. The molecule has 5 nitrogen and oxygen atoms in total. The summed E-state index contributed by atoms with van der Waals surface area (Å²) < 4.78 is 1.97. The minimum absolute atomic E-state index is 0.922. The quantitative estimate of drug-likeness (QED) is 0.575. The number of H-pyrrole nitrogens is 1. The van der Waals surface area contributed by atoms with Gasteiger partial charge in [0, 0.05) is 29.3 Å². The van der Waals surface area contributed by atoms with Crippen molar-refractivity contribution >= 4 is 10.9 Å². The molecule has 1 aliphatic carbocycles. The molecule has 1 saturated carbocycles. The second-order valence-electron chi connectivity index (χ2n) is 9.55. The maximum Gasteiger partial charge on any atom is 0.123 e. The SMILES string of the molecule is c1cc2[nH]cc(CCCC3CCN(CC4CCCCC4)CC3)c2cc1-n1cnnc1. The van der Waals surface area contributed by atoms with E-state index in [-0.39, 0.29) is 0 Å². The minimum atomic E-state index is 0.922. The molecule has 2 aromatic heterocycles. The van der Waals surface area contributed by atoms with Gasteiger partial charge in [-0.3, -0.25) is 4.57 Å². The third kappa shape index (κ3) is 4.61. The first-order valence-corrected chi connectivity index (χ1v) is 12.0. The van der Waals surface area contributed by atoms with Gasteiger partial charge in [0.05, 0.1) is 0 Å². The Morgan fingerprint density at radius 1 is 0.933 bits per heavy atom. The molecule has 5 rings (SSSR count). The number of piperidine rings is 1. The number of aromatic nitrogens is 4. The molecule has 5 heteroatoms. The smallest absolute Gasteiger partial charge is 0.123 e. The second-order valence-corrected chi connectivity index (χ2v) is 9.55. The van der Waals surface area contributed by atoms with E-state index < -0.39 is 0 Å². The summed E-state index contributed by atoms with van der Waals surface area (Å²) in [5.74, 6) is 1.91. The Morgan fingerprint density at radius 3 is 2.53 bits per heavy atom. The van der Waals surface area contributed by atoms with E-state index in [0.29, 0.717) is 0 Å². The summed E-state index contributed by atoms with van der Waals surface area (Å²) in [5.41, 5.74) is 3.78. The molecule has 2 fully saturated rings. The fraction of sp³-hybridized carbons (Fsp3) is 0.600. The Kier molecular flexibility index (Phi) is 6.16. The van der Waals surface area contributed by atoms with Crippen molar-refractivity contribution in [1.29, 1.82) is 0 Å². The number of nitrogens with zero attached hydrogens (tertiary/aromatic N) is 4. The molecule has 1 saturated heterocycles. The lowest BCUT2D eigenvalue weighted by molar-refractivity contribution is 0.142. The van der Waals surface area contributed by atoms with E-state index in [9.17, 15) is 0 Å². The third-order valence-electron chi connectivity index (χ3n) is 7.47. The van der Waals surface area contributed by atoms with Gasteiger partial charge in [0.2, 0.25) is 0 Å². The summed E-state index contributed by atoms with van der Waals surface area (Å²) in [5, 5.41) is 9.20. The predicted octanol–water partition coefficient (Wildman–Crippen LogP) is 5.36. The molecule has 2 aliphatic rings. The van der Waals surface area contributed by atoms with E-state index in [1.165, 1.54) is 93.9 Å². The van der Waals surface area contributed by atoms with Crippen molar-refractivity contribution in [2.45, 2.75) is 64.2 Å². The molecular formula is C25H35N5. The zero-order valence-electron chi connectivity index (χ0n) is 18.1. The molecule has 0 atom stereocenters. The number of nitrogens with one attached hydrogen (secondary N) is 1. The van der Waals surface area contributed by atoms with E-state index in [4.69, 9.17) is 0 Å². The average Bonchev–Trinajstić information content (AvgIpc) is 3.46. The van der Waals surface area contributed by atoms with Crippen molar-refractivity contribution in [3.05, 3.63) is 42.6 Å². The highest BCUT2D eigenvalue weighted by Crippen LogP contribution is 2.29. The van der Waals surface area contributed by atoms with Crippen LogP contribution in [0.5, 0.6) is 0 Å². The summed E-state index contributed by atoms with van der Waals surface area (Å²) in [6.45, 7) is 4.03. The molecule has 3 aromatic rings. The maximum atomic E-state index is 3.93. The van der Waals surface area contributed by atoms with Crippen molar-refractivity contribution in [1.82, 2.24) is 24.6 Å². The minimum Gasteiger partial charge on any atom is -0.361 e. The topological polar surface area (TPSA) is 49.7 Å². The van der Waals surface area contributed by atoms with Gasteiger partial charge in [0.25, 0.3) is 0 Å². The lowest BCUT2D eigenvalue weighted by Crippen LogP contribution is -2.37. The van der Waals surface area contributed by atoms with Crippen LogP contribution in [-0.2, 0) is 6.42 Å². The van der Waals surface area contributed by atoms with Gasteiger partial charge in [0.1, 0.15) is 12.7 Å². The summed E-state index contributed by atoms with van der Waals surface area (Å²) in [6.07, 6.45) is 19.7. The highest BCUT2D eigenvalue weighted by molar-refractivity contribution is 5.85. The lowest BCUT2D eigenvalue weighted by Gasteiger charge is -2.35. The first-order valence-electron chi connectivity index (χ1n) is 12.0. The van der Waals surface area contributed by atoms with Crippen LogP contribution in [0.3, 0.4) is 0 Å². The molecule has 0 radical (unpaired) electrons. The first-order chi connectivity index (χ1) is 14.8. The largest absolute Gasteiger partial charge is 0.361 e. The van der Waals surface area contributed by atoms with Crippen LogP contribution in [0.15, 0.2) is 37.1 Å². The van der Waals surface area contributed by atoms with Crippen LogP contribution in [0.2, 0.25) is 0 Å². The van der Waals surface area contributed by atoms with Crippen LogP contribution in [0.25, 0.3) is 16.6 Å². The Labute approximate surface area is 179 Å². The fourth-order valence-corrected chi connectivity index (χ4v) is 5.64. The van der Waals surface area contributed by atoms with Crippen molar-refractivity contribution in [3.8, 4) is 5.69 Å². The number of benzene rings is 1. The van der Waals surface area contributed by atoms with Gasteiger partial charge in [-0.05, 0) is 87.2 Å². The van der Waals surface area contributed by atoms with Crippen molar-refractivity contribution in [2.75, 3.05) is 19.6 Å². The van der Waals surface area contributed by atoms with Gasteiger partial charge in [-0.15, -0.1) is 10.2 Å². The molecule has 160 valence electrons. The molecular weight excluding hydrogens is 370 g/mol. The van der Waals surface area contributed by atoms with E-state index in [2.05, 4.69) is 44.5 Å². The Balaban J connectivity index is 1.10. The summed E-state index contributed by atoms with van der Waals surface area (Å²) in [6, 6.07) is 6.54. The highest BCUT2D eigenvalue weighted by atomic mass is 15.2. The molecule has 1 aromatic carbocycles. The summed E-state index contributed by atoms with van der Waals surface area (Å²) in [7, 11) is 0. The van der Waals surface area contributed by atoms with E-state index in [1.54, 1.807) is 12.7 Å². The second kappa shape index (κ2) is 9.34. The molecule has 0 spiro atoms. The number of aryl methyl sites for hydroxylation is 1. The van der Waals surface area contributed by atoms with Gasteiger partial charge in [-0.25, -0.2) is 0 Å². The molecule has 0 bridgehead atoms. The van der Waals surface area contributed by atoms with Crippen molar-refractivity contribution in [2.24, 2.45) is 11.8 Å². The van der Waals surface area contributed by atoms with Gasteiger partial charge in [-0.1, -0.05) is 25.7 Å². The highest BCUT2D eigenvalue weighted by Gasteiger charge is 2.22. The zero-order chi connectivity index (χ0) is 20.2. The van der Waals surface area contributed by atoms with Crippen LogP contribution >= 0.6 is 0 Å². The predicted molar refractivity (Wildman–Crippen MR) is 122 cm³/mol. The average molecular weight is 406 g/mol. The Morgan fingerprint density at radius 2 is 1.73 bits per heavy atom. The molecule has 30 heavy (non-hydrogen) atoms. The van der Waals surface area contributed by atoms with Gasteiger partial charge in [0.15, 0.2) is 0 Å². The van der Waals surface area contributed by atoms with Gasteiger partial charge < -0.3 is 9.88 Å². The van der Waals surface area contributed by atoms with Crippen LogP contribution in [0, 0.1) is 11.8 Å². The molecule has 1 aliphatic heterocycles. The summed E-state index contributed by atoms with van der Waals surface area (Å²) in [4.78, 5) is 6.21. The maximum absolute atomic E-state index is 3.93. The van der Waals surface area contributed by atoms with Crippen LogP contribution in [0.1, 0.15) is 63.4 Å². The van der Waals surface area contributed by atoms with E-state index in [0.717, 1.165) is 23.9 Å². The monoisotopic (exact) mass is 405 g/mol. The Hall–Kier alpha value is -2.14. The summed E-state index contributed by atoms with van der Waals surface area (Å²) >= 11 is 0. The number of fused-ring (bicyclic) bond motifs is 1. The fourth-order valence-electron chi connectivity index (χ4n) is 5.64. The first kappa shape index (κ1) is 19.8. The number of likely N-dealkylation sites (tertiary alicyclic amines) is 1. The molecule has 3 heterocycles. The zero-order valence-corrected chi connectivity index (χ0v) is 18.1. The number of rotatable bonds is 7. The van der Waals surface area contributed by atoms with E-state index >= 15 is 0 Å². The van der Waals surface area contributed by atoms with E-state index in [1.807, 2.05) is 4.57 Å². The molecule has 1 N–H and O–H groups in total. The van der Waals surface area contributed by atoms with Crippen molar-refractivity contribution < 1.29 is 0 Å². The van der Waals surface area contributed by atoms with Crippen molar-refractivity contribution in [3.63, 3.8) is 0 Å². The van der Waals surface area contributed by atoms with Gasteiger partial charge in [-0.2, -0.15) is 0 Å². The number of hydrogen-bond donors (Lipinski definition) is 1. The molecule has 0 unspecified atom stereocenters. The van der Waals surface area contributed by atoms with Crippen LogP contribution in [0.4, 0.5) is 0 Å². The van der Waals surface area contributed by atoms with Gasteiger partial charge >= 0.3 is 0 Å². The van der Waals surface area contributed by atoms with Crippen LogP contribution in [-0.4, -0.2) is 44.3 Å². The number of hydrogen-bond acceptors (Lipinski definition) is 3. The Bertz CT molecular complexity index is 914. The van der Waals surface area contributed by atoms with Crippen LogP contribution < -0.4 is 0 Å². The number of aromatic amines is 1.